The molecular formula is C21H22N2O2. The second kappa shape index (κ2) is 8.29. The first-order valence-electron chi connectivity index (χ1n) is 8.66. The summed E-state index contributed by atoms with van der Waals surface area (Å²) < 4.78 is 5.70. The summed E-state index contributed by atoms with van der Waals surface area (Å²) >= 11 is 0. The maximum Gasteiger partial charge on any atom is 0.274 e. The third-order valence-corrected chi connectivity index (χ3v) is 3.96. The van der Waals surface area contributed by atoms with Crippen LogP contribution in [-0.4, -0.2) is 16.6 Å². The average Bonchev–Trinajstić information content (AvgIpc) is 2.64. The summed E-state index contributed by atoms with van der Waals surface area (Å²) in [6, 6.07) is 15.3. The molecule has 0 saturated carbocycles. The molecule has 25 heavy (non-hydrogen) atoms. The monoisotopic (exact) mass is 334 g/mol. The van der Waals surface area contributed by atoms with Gasteiger partial charge in [-0.3, -0.25) is 4.79 Å². The van der Waals surface area contributed by atoms with E-state index in [9.17, 15) is 4.79 Å². The van der Waals surface area contributed by atoms with Crippen LogP contribution in [0.2, 0.25) is 0 Å². The minimum absolute atomic E-state index is 0.189. The lowest BCUT2D eigenvalue weighted by Gasteiger charge is -2.05. The molecule has 0 atom stereocenters. The van der Waals surface area contributed by atoms with E-state index >= 15 is 0 Å². The van der Waals surface area contributed by atoms with Gasteiger partial charge < -0.3 is 9.72 Å². The molecular weight excluding hydrogens is 312 g/mol. The van der Waals surface area contributed by atoms with Gasteiger partial charge in [0.25, 0.3) is 5.56 Å². The van der Waals surface area contributed by atoms with Crippen LogP contribution in [0.5, 0.6) is 5.75 Å². The quantitative estimate of drug-likeness (QED) is 0.639. The number of rotatable bonds is 7. The van der Waals surface area contributed by atoms with E-state index in [-0.39, 0.29) is 5.56 Å². The summed E-state index contributed by atoms with van der Waals surface area (Å²) in [6.45, 7) is 2.93. The maximum atomic E-state index is 12.1. The van der Waals surface area contributed by atoms with Gasteiger partial charge in [0.15, 0.2) is 0 Å². The first kappa shape index (κ1) is 17.0. The van der Waals surface area contributed by atoms with Gasteiger partial charge in [0.2, 0.25) is 0 Å². The molecule has 4 heteroatoms. The molecule has 0 aliphatic heterocycles. The Morgan fingerprint density at radius 1 is 1.04 bits per heavy atom. The zero-order chi connectivity index (χ0) is 17.5. The second-order valence-corrected chi connectivity index (χ2v) is 5.93. The van der Waals surface area contributed by atoms with E-state index in [1.807, 2.05) is 54.6 Å². The van der Waals surface area contributed by atoms with Gasteiger partial charge in [-0.25, -0.2) is 4.98 Å². The van der Waals surface area contributed by atoms with Crippen molar-refractivity contribution in [3.63, 3.8) is 0 Å². The Kier molecular flexibility index (Phi) is 5.62. The molecule has 0 aliphatic carbocycles. The minimum atomic E-state index is -0.189. The smallest absolute Gasteiger partial charge is 0.274 e. The van der Waals surface area contributed by atoms with Gasteiger partial charge in [-0.1, -0.05) is 50.1 Å². The number of fused-ring (bicyclic) bond motifs is 1. The van der Waals surface area contributed by atoms with Gasteiger partial charge in [-0.2, -0.15) is 0 Å². The molecule has 0 fully saturated rings. The van der Waals surface area contributed by atoms with E-state index in [1.54, 1.807) is 6.08 Å². The van der Waals surface area contributed by atoms with Crippen molar-refractivity contribution in [2.24, 2.45) is 0 Å². The first-order valence-corrected chi connectivity index (χ1v) is 8.66. The number of H-pyrrole nitrogens is 1. The van der Waals surface area contributed by atoms with E-state index in [4.69, 9.17) is 4.74 Å². The number of para-hydroxylation sites is 2. The molecule has 1 aromatic heterocycles. The predicted octanol–water partition coefficient (Wildman–Crippen LogP) is 4.66. The number of hydrogen-bond donors (Lipinski definition) is 1. The molecule has 3 aromatic rings. The highest BCUT2D eigenvalue weighted by atomic mass is 16.5. The number of aromatic nitrogens is 2. The number of hydrogen-bond acceptors (Lipinski definition) is 3. The van der Waals surface area contributed by atoms with Crippen LogP contribution in [-0.2, 0) is 0 Å². The molecule has 0 saturated heterocycles. The number of aromatic amines is 1. The Morgan fingerprint density at radius 3 is 2.64 bits per heavy atom. The standard InChI is InChI=1S/C21H22N2O2/c1-2-3-6-15-25-17-12-9-16(10-13-17)11-14-20-21(24)23-19-8-5-4-7-18(19)22-20/h4-5,7-14H,2-3,6,15H2,1H3,(H,23,24)/b14-11+. The fourth-order valence-electron chi connectivity index (χ4n) is 2.55. The Balaban J connectivity index is 1.69. The van der Waals surface area contributed by atoms with Crippen molar-refractivity contribution in [2.75, 3.05) is 6.61 Å². The van der Waals surface area contributed by atoms with Crippen LogP contribution in [0.25, 0.3) is 23.2 Å². The van der Waals surface area contributed by atoms with Gasteiger partial charge in [0.05, 0.1) is 17.6 Å². The molecule has 1 heterocycles. The van der Waals surface area contributed by atoms with Crippen LogP contribution in [0, 0.1) is 0 Å². The second-order valence-electron chi connectivity index (χ2n) is 5.93. The van der Waals surface area contributed by atoms with Crippen LogP contribution in [0.3, 0.4) is 0 Å². The van der Waals surface area contributed by atoms with E-state index in [0.29, 0.717) is 5.69 Å². The molecule has 0 unspecified atom stereocenters. The SMILES string of the molecule is CCCCCOc1ccc(/C=C/c2nc3ccccc3[nH]c2=O)cc1. The number of unbranched alkanes of at least 4 members (excludes halogenated alkanes) is 2. The van der Waals surface area contributed by atoms with Crippen molar-refractivity contribution in [1.29, 1.82) is 0 Å². The average molecular weight is 334 g/mol. The van der Waals surface area contributed by atoms with Crippen LogP contribution < -0.4 is 10.3 Å². The molecule has 3 rings (SSSR count). The van der Waals surface area contributed by atoms with Crippen LogP contribution in [0.15, 0.2) is 53.3 Å². The summed E-state index contributed by atoms with van der Waals surface area (Å²) in [4.78, 5) is 19.3. The molecule has 128 valence electrons. The van der Waals surface area contributed by atoms with Crippen molar-refractivity contribution in [3.8, 4) is 5.75 Å². The lowest BCUT2D eigenvalue weighted by molar-refractivity contribution is 0.306. The summed E-state index contributed by atoms with van der Waals surface area (Å²) in [7, 11) is 0. The third kappa shape index (κ3) is 4.57. The van der Waals surface area contributed by atoms with Crippen LogP contribution >= 0.6 is 0 Å². The lowest BCUT2D eigenvalue weighted by Crippen LogP contribution is -2.11. The van der Waals surface area contributed by atoms with Gasteiger partial charge in [-0.05, 0) is 42.3 Å². The number of ether oxygens (including phenoxy) is 1. The Morgan fingerprint density at radius 2 is 1.84 bits per heavy atom. The van der Waals surface area contributed by atoms with Gasteiger partial charge in [0.1, 0.15) is 11.4 Å². The fraction of sp³-hybridized carbons (Fsp3) is 0.238. The molecule has 1 N–H and O–H groups in total. The highest BCUT2D eigenvalue weighted by Crippen LogP contribution is 2.15. The predicted molar refractivity (Wildman–Crippen MR) is 103 cm³/mol. The van der Waals surface area contributed by atoms with E-state index in [2.05, 4.69) is 16.9 Å². The topological polar surface area (TPSA) is 55.0 Å². The molecule has 0 aliphatic rings. The minimum Gasteiger partial charge on any atom is -0.494 e. The Bertz CT molecular complexity index is 911. The Hall–Kier alpha value is -2.88. The molecule has 2 aromatic carbocycles. The number of nitrogens with one attached hydrogen (secondary N) is 1. The highest BCUT2D eigenvalue weighted by molar-refractivity contribution is 5.76. The maximum absolute atomic E-state index is 12.1. The lowest BCUT2D eigenvalue weighted by atomic mass is 10.2. The normalized spacial score (nSPS) is 11.2. The largest absolute Gasteiger partial charge is 0.494 e. The molecule has 0 radical (unpaired) electrons. The summed E-state index contributed by atoms with van der Waals surface area (Å²) in [6.07, 6.45) is 7.08. The third-order valence-electron chi connectivity index (χ3n) is 3.96. The highest BCUT2D eigenvalue weighted by Gasteiger charge is 2.01. The van der Waals surface area contributed by atoms with E-state index in [1.165, 1.54) is 12.8 Å². The van der Waals surface area contributed by atoms with Crippen LogP contribution in [0.1, 0.15) is 37.4 Å². The summed E-state index contributed by atoms with van der Waals surface area (Å²) in [5, 5.41) is 0. The molecule has 0 spiro atoms. The number of nitrogens with zero attached hydrogens (tertiary/aromatic N) is 1. The zero-order valence-corrected chi connectivity index (χ0v) is 14.4. The van der Waals surface area contributed by atoms with Gasteiger partial charge in [0, 0.05) is 0 Å². The van der Waals surface area contributed by atoms with Crippen molar-refractivity contribution >= 4 is 23.2 Å². The van der Waals surface area contributed by atoms with Gasteiger partial charge >= 0.3 is 0 Å². The van der Waals surface area contributed by atoms with E-state index in [0.717, 1.165) is 35.4 Å². The van der Waals surface area contributed by atoms with Crippen LogP contribution in [0.4, 0.5) is 0 Å². The van der Waals surface area contributed by atoms with E-state index < -0.39 is 0 Å². The fourth-order valence-corrected chi connectivity index (χ4v) is 2.55. The van der Waals surface area contributed by atoms with Crippen molar-refractivity contribution in [3.05, 3.63) is 70.1 Å². The summed E-state index contributed by atoms with van der Waals surface area (Å²) in [5.41, 5.74) is 2.73. The zero-order valence-electron chi connectivity index (χ0n) is 14.4. The number of benzene rings is 2. The Labute approximate surface area is 147 Å². The molecule has 0 bridgehead atoms. The van der Waals surface area contributed by atoms with Gasteiger partial charge in [-0.15, -0.1) is 0 Å². The van der Waals surface area contributed by atoms with Crippen molar-refractivity contribution in [2.45, 2.75) is 26.2 Å². The van der Waals surface area contributed by atoms with Crippen molar-refractivity contribution < 1.29 is 4.74 Å². The first-order chi connectivity index (χ1) is 12.3. The summed E-state index contributed by atoms with van der Waals surface area (Å²) in [5.74, 6) is 0.870. The molecule has 4 nitrogen and oxygen atoms in total. The van der Waals surface area contributed by atoms with Crippen molar-refractivity contribution in [1.82, 2.24) is 9.97 Å². The molecule has 0 amide bonds.